The minimum atomic E-state index is -0.442. The summed E-state index contributed by atoms with van der Waals surface area (Å²) >= 11 is 11.9. The molecule has 0 saturated carbocycles. The van der Waals surface area contributed by atoms with Crippen molar-refractivity contribution in [2.75, 3.05) is 0 Å². The number of furan rings is 1. The SMILES string of the molecule is Cc1cc(OCc2ccc(/C=C/C(=O)c3ccc(Cl)cc3Cl)o2)ccc1[N+](=O)[O-]. The minimum absolute atomic E-state index is 0.0354. The summed E-state index contributed by atoms with van der Waals surface area (Å²) in [5, 5.41) is 11.6. The number of carbonyl (C=O) groups is 1. The highest BCUT2D eigenvalue weighted by molar-refractivity contribution is 6.37. The molecule has 0 aliphatic rings. The number of aryl methyl sites for hydroxylation is 1. The predicted molar refractivity (Wildman–Crippen MR) is 111 cm³/mol. The van der Waals surface area contributed by atoms with E-state index in [-0.39, 0.29) is 23.1 Å². The van der Waals surface area contributed by atoms with E-state index >= 15 is 0 Å². The third-order valence-corrected chi connectivity index (χ3v) is 4.57. The molecule has 0 bridgehead atoms. The Balaban J connectivity index is 1.62. The number of ketones is 1. The van der Waals surface area contributed by atoms with Gasteiger partial charge in [-0.05, 0) is 61.5 Å². The highest BCUT2D eigenvalue weighted by Gasteiger charge is 2.11. The quantitative estimate of drug-likeness (QED) is 0.190. The third kappa shape index (κ3) is 5.25. The van der Waals surface area contributed by atoms with Crippen LogP contribution < -0.4 is 4.74 Å². The Hall–Kier alpha value is -3.09. The van der Waals surface area contributed by atoms with Gasteiger partial charge in [-0.2, -0.15) is 0 Å². The van der Waals surface area contributed by atoms with Gasteiger partial charge in [0, 0.05) is 22.2 Å². The van der Waals surface area contributed by atoms with Crippen LogP contribution in [-0.4, -0.2) is 10.7 Å². The zero-order valence-electron chi connectivity index (χ0n) is 15.2. The fourth-order valence-corrected chi connectivity index (χ4v) is 3.08. The van der Waals surface area contributed by atoms with Gasteiger partial charge >= 0.3 is 0 Å². The van der Waals surface area contributed by atoms with Gasteiger partial charge < -0.3 is 9.15 Å². The van der Waals surface area contributed by atoms with Crippen molar-refractivity contribution in [2.45, 2.75) is 13.5 Å². The average molecular weight is 432 g/mol. The summed E-state index contributed by atoms with van der Waals surface area (Å²) in [7, 11) is 0. The lowest BCUT2D eigenvalue weighted by Gasteiger charge is -2.05. The van der Waals surface area contributed by atoms with E-state index in [2.05, 4.69) is 0 Å². The van der Waals surface area contributed by atoms with Crippen LogP contribution in [0.3, 0.4) is 0 Å². The topological polar surface area (TPSA) is 82.6 Å². The number of hydrogen-bond acceptors (Lipinski definition) is 5. The summed E-state index contributed by atoms with van der Waals surface area (Å²) in [5.74, 6) is 1.23. The highest BCUT2D eigenvalue weighted by Crippen LogP contribution is 2.24. The van der Waals surface area contributed by atoms with Crippen molar-refractivity contribution in [3.8, 4) is 5.75 Å². The Labute approximate surface area is 176 Å². The number of halogens is 2. The largest absolute Gasteiger partial charge is 0.486 e. The molecule has 1 aromatic heterocycles. The maximum Gasteiger partial charge on any atom is 0.272 e. The van der Waals surface area contributed by atoms with Crippen LogP contribution in [0.5, 0.6) is 5.75 Å². The second-order valence-corrected chi connectivity index (χ2v) is 6.96. The number of nitro benzene ring substituents is 1. The number of hydrogen-bond donors (Lipinski definition) is 0. The summed E-state index contributed by atoms with van der Waals surface area (Å²) < 4.78 is 11.2. The van der Waals surface area contributed by atoms with Crippen LogP contribution in [-0.2, 0) is 6.61 Å². The van der Waals surface area contributed by atoms with Crippen molar-refractivity contribution in [2.24, 2.45) is 0 Å². The van der Waals surface area contributed by atoms with E-state index in [1.807, 2.05) is 0 Å². The number of allylic oxidation sites excluding steroid dienone is 1. The van der Waals surface area contributed by atoms with Crippen molar-refractivity contribution in [3.63, 3.8) is 0 Å². The first-order valence-electron chi connectivity index (χ1n) is 8.47. The van der Waals surface area contributed by atoms with Crippen molar-refractivity contribution >= 4 is 40.7 Å². The number of nitro groups is 1. The molecule has 0 spiro atoms. The van der Waals surface area contributed by atoms with E-state index in [1.165, 1.54) is 30.4 Å². The first kappa shape index (κ1) is 20.6. The molecule has 0 radical (unpaired) electrons. The van der Waals surface area contributed by atoms with E-state index in [0.717, 1.165) is 0 Å². The molecular formula is C21H15Cl2NO5. The molecule has 2 aromatic carbocycles. The first-order valence-corrected chi connectivity index (χ1v) is 9.23. The average Bonchev–Trinajstić information content (AvgIpc) is 3.12. The van der Waals surface area contributed by atoms with E-state index in [1.54, 1.807) is 37.3 Å². The lowest BCUT2D eigenvalue weighted by Crippen LogP contribution is -1.96. The van der Waals surface area contributed by atoms with E-state index in [0.29, 0.717) is 33.4 Å². The molecule has 0 amide bonds. The lowest BCUT2D eigenvalue weighted by molar-refractivity contribution is -0.385. The fourth-order valence-electron chi connectivity index (χ4n) is 2.58. The van der Waals surface area contributed by atoms with Crippen LogP contribution in [0, 0.1) is 17.0 Å². The second-order valence-electron chi connectivity index (χ2n) is 6.12. The Kier molecular flexibility index (Phi) is 6.36. The Morgan fingerprint density at radius 1 is 1.17 bits per heavy atom. The molecule has 0 unspecified atom stereocenters. The van der Waals surface area contributed by atoms with E-state index in [4.69, 9.17) is 32.4 Å². The van der Waals surface area contributed by atoms with Gasteiger partial charge in [0.25, 0.3) is 5.69 Å². The van der Waals surface area contributed by atoms with Crippen molar-refractivity contribution in [3.05, 3.63) is 97.4 Å². The molecule has 148 valence electrons. The van der Waals surface area contributed by atoms with Crippen LogP contribution in [0.4, 0.5) is 5.69 Å². The molecular weight excluding hydrogens is 417 g/mol. The van der Waals surface area contributed by atoms with Gasteiger partial charge in [-0.1, -0.05) is 23.2 Å². The zero-order valence-corrected chi connectivity index (χ0v) is 16.7. The number of carbonyl (C=O) groups excluding carboxylic acids is 1. The number of benzene rings is 2. The Morgan fingerprint density at radius 2 is 1.97 bits per heavy atom. The number of nitrogens with zero attached hydrogens (tertiary/aromatic N) is 1. The maximum absolute atomic E-state index is 12.2. The molecule has 8 heteroatoms. The van der Waals surface area contributed by atoms with E-state index < -0.39 is 4.92 Å². The summed E-state index contributed by atoms with van der Waals surface area (Å²) in [4.78, 5) is 22.7. The monoisotopic (exact) mass is 431 g/mol. The third-order valence-electron chi connectivity index (χ3n) is 4.02. The Morgan fingerprint density at radius 3 is 2.66 bits per heavy atom. The molecule has 3 aromatic rings. The summed E-state index contributed by atoms with van der Waals surface area (Å²) in [6.07, 6.45) is 2.89. The molecule has 3 rings (SSSR count). The summed E-state index contributed by atoms with van der Waals surface area (Å²) in [6, 6.07) is 12.6. The smallest absolute Gasteiger partial charge is 0.272 e. The van der Waals surface area contributed by atoms with Crippen LogP contribution in [0.1, 0.15) is 27.4 Å². The van der Waals surface area contributed by atoms with Gasteiger partial charge in [-0.15, -0.1) is 0 Å². The molecule has 29 heavy (non-hydrogen) atoms. The molecule has 6 nitrogen and oxygen atoms in total. The van der Waals surface area contributed by atoms with Crippen LogP contribution in [0.25, 0.3) is 6.08 Å². The van der Waals surface area contributed by atoms with Gasteiger partial charge in [0.15, 0.2) is 5.78 Å². The van der Waals surface area contributed by atoms with Gasteiger partial charge in [-0.25, -0.2) is 0 Å². The molecule has 0 atom stereocenters. The van der Waals surface area contributed by atoms with Crippen LogP contribution in [0.2, 0.25) is 10.0 Å². The van der Waals surface area contributed by atoms with Crippen molar-refractivity contribution in [1.29, 1.82) is 0 Å². The fraction of sp³-hybridized carbons (Fsp3) is 0.0952. The Bertz CT molecular complexity index is 1100. The molecule has 0 N–H and O–H groups in total. The maximum atomic E-state index is 12.2. The van der Waals surface area contributed by atoms with Gasteiger partial charge in [0.05, 0.1) is 9.95 Å². The predicted octanol–water partition coefficient (Wildman–Crippen LogP) is 6.28. The first-order chi connectivity index (χ1) is 13.8. The molecule has 0 aliphatic carbocycles. The second kappa shape index (κ2) is 8.94. The van der Waals surface area contributed by atoms with Crippen LogP contribution >= 0.6 is 23.2 Å². The standard InChI is InChI=1S/C21H15Cl2NO5/c1-13-10-16(5-8-20(13)24(26)27)28-12-17-4-3-15(29-17)6-9-21(25)18-7-2-14(22)11-19(18)23/h2-11H,12H2,1H3/b9-6+. The number of ether oxygens (including phenoxy) is 1. The summed E-state index contributed by atoms with van der Waals surface area (Å²) in [6.45, 7) is 1.78. The molecule has 0 saturated heterocycles. The number of rotatable bonds is 7. The van der Waals surface area contributed by atoms with E-state index in [9.17, 15) is 14.9 Å². The summed E-state index contributed by atoms with van der Waals surface area (Å²) in [5.41, 5.74) is 0.888. The molecule has 1 heterocycles. The van der Waals surface area contributed by atoms with Gasteiger partial charge in [0.2, 0.25) is 0 Å². The lowest BCUT2D eigenvalue weighted by atomic mass is 10.1. The highest BCUT2D eigenvalue weighted by atomic mass is 35.5. The minimum Gasteiger partial charge on any atom is -0.486 e. The van der Waals surface area contributed by atoms with Crippen molar-refractivity contribution in [1.82, 2.24) is 0 Å². The van der Waals surface area contributed by atoms with Gasteiger partial charge in [-0.3, -0.25) is 14.9 Å². The van der Waals surface area contributed by atoms with Crippen LogP contribution in [0.15, 0.2) is 59.0 Å². The zero-order chi connectivity index (χ0) is 21.0. The molecule has 0 aliphatic heterocycles. The normalized spacial score (nSPS) is 11.0. The molecule has 0 fully saturated rings. The van der Waals surface area contributed by atoms with Crippen molar-refractivity contribution < 1.29 is 18.9 Å². The van der Waals surface area contributed by atoms with Gasteiger partial charge in [0.1, 0.15) is 23.9 Å².